The number of rotatable bonds is 6. The zero-order valence-corrected chi connectivity index (χ0v) is 16.0. The average Bonchev–Trinajstić information content (AvgIpc) is 3.08. The summed E-state index contributed by atoms with van der Waals surface area (Å²) in [5.41, 5.74) is 1.57. The predicted octanol–water partition coefficient (Wildman–Crippen LogP) is 3.93. The molecule has 0 saturated heterocycles. The Morgan fingerprint density at radius 1 is 1.19 bits per heavy atom. The molecular weight excluding hydrogens is 352 g/mol. The largest absolute Gasteiger partial charge is 0.497 e. The number of aryl methyl sites for hydroxylation is 1. The summed E-state index contributed by atoms with van der Waals surface area (Å²) in [5.74, 6) is 0.826. The fourth-order valence-electron chi connectivity index (χ4n) is 3.12. The lowest BCUT2D eigenvalue weighted by Gasteiger charge is -2.16. The summed E-state index contributed by atoms with van der Waals surface area (Å²) < 4.78 is 15.6. The molecule has 0 fully saturated rings. The van der Waals surface area contributed by atoms with E-state index in [2.05, 4.69) is 6.92 Å². The summed E-state index contributed by atoms with van der Waals surface area (Å²) in [6, 6.07) is 6.86. The Bertz CT molecular complexity index is 824. The van der Waals surface area contributed by atoms with E-state index in [0.29, 0.717) is 27.9 Å². The third kappa shape index (κ3) is 3.90. The van der Waals surface area contributed by atoms with Crippen LogP contribution >= 0.6 is 11.3 Å². The third-order valence-electron chi connectivity index (χ3n) is 4.57. The van der Waals surface area contributed by atoms with Gasteiger partial charge in [-0.1, -0.05) is 6.92 Å². The maximum atomic E-state index is 12.5. The van der Waals surface area contributed by atoms with Crippen LogP contribution in [0.15, 0.2) is 24.3 Å². The Balaban J connectivity index is 1.67. The number of carbonyl (C=O) groups is 2. The highest BCUT2D eigenvalue weighted by molar-refractivity contribution is 7.14. The summed E-state index contributed by atoms with van der Waals surface area (Å²) >= 11 is 1.48. The van der Waals surface area contributed by atoms with Gasteiger partial charge in [-0.25, -0.2) is 4.79 Å². The molecule has 1 heterocycles. The fourth-order valence-corrected chi connectivity index (χ4v) is 4.22. The number of methoxy groups -OCH3 is 2. The van der Waals surface area contributed by atoms with Crippen molar-refractivity contribution in [3.05, 3.63) is 45.1 Å². The van der Waals surface area contributed by atoms with E-state index >= 15 is 0 Å². The minimum absolute atomic E-state index is 0.330. The van der Waals surface area contributed by atoms with Gasteiger partial charge in [0, 0.05) is 4.88 Å². The lowest BCUT2D eigenvalue weighted by atomic mass is 9.90. The second-order valence-corrected chi connectivity index (χ2v) is 7.61. The van der Waals surface area contributed by atoms with Crippen LogP contribution in [0.2, 0.25) is 0 Å². The molecule has 0 N–H and O–H groups in total. The number of fused-ring (bicyclic) bond motifs is 1. The average molecular weight is 374 g/mol. The van der Waals surface area contributed by atoms with Crippen LogP contribution in [-0.2, 0) is 17.6 Å². The van der Waals surface area contributed by atoms with Crippen LogP contribution in [0, 0.1) is 5.92 Å². The van der Waals surface area contributed by atoms with Crippen molar-refractivity contribution in [3.63, 3.8) is 0 Å². The molecule has 0 amide bonds. The standard InChI is InChI=1S/C20H22O5S/c1-12-4-7-18-13(8-12)9-19(26-18)20(22)25-11-16(21)15-10-14(23-2)5-6-17(15)24-3/h5-6,9-10,12H,4,7-8,11H2,1-3H3/t12-/m1/s1. The fraction of sp³-hybridized carbons (Fsp3) is 0.400. The van der Waals surface area contributed by atoms with Crippen LogP contribution in [0.25, 0.3) is 0 Å². The Labute approximate surface area is 156 Å². The molecule has 2 aromatic rings. The summed E-state index contributed by atoms with van der Waals surface area (Å²) in [6.07, 6.45) is 3.16. The molecule has 1 aliphatic rings. The van der Waals surface area contributed by atoms with E-state index < -0.39 is 5.97 Å². The molecule has 1 atom stereocenters. The first-order valence-corrected chi connectivity index (χ1v) is 9.37. The number of Topliss-reactive ketones (excluding diaryl/α,β-unsaturated/α-hetero) is 1. The Morgan fingerprint density at radius 3 is 2.73 bits per heavy atom. The molecule has 1 aromatic carbocycles. The van der Waals surface area contributed by atoms with Crippen molar-refractivity contribution < 1.29 is 23.8 Å². The van der Waals surface area contributed by atoms with Crippen LogP contribution in [0.1, 0.15) is 43.8 Å². The molecule has 0 saturated carbocycles. The highest BCUT2D eigenvalue weighted by atomic mass is 32.1. The number of benzene rings is 1. The molecule has 138 valence electrons. The molecule has 0 spiro atoms. The summed E-state index contributed by atoms with van der Waals surface area (Å²) in [5, 5.41) is 0. The number of hydrogen-bond donors (Lipinski definition) is 0. The Kier molecular flexibility index (Phi) is 5.61. The van der Waals surface area contributed by atoms with Crippen LogP contribution in [-0.4, -0.2) is 32.6 Å². The van der Waals surface area contributed by atoms with Gasteiger partial charge in [0.05, 0.1) is 19.8 Å². The maximum Gasteiger partial charge on any atom is 0.348 e. The third-order valence-corrected chi connectivity index (χ3v) is 5.79. The van der Waals surface area contributed by atoms with Gasteiger partial charge in [0.25, 0.3) is 0 Å². The zero-order chi connectivity index (χ0) is 18.7. The van der Waals surface area contributed by atoms with Crippen LogP contribution in [0.5, 0.6) is 11.5 Å². The lowest BCUT2D eigenvalue weighted by Crippen LogP contribution is -2.14. The molecule has 0 aliphatic heterocycles. The Hall–Kier alpha value is -2.34. The van der Waals surface area contributed by atoms with Crippen LogP contribution in [0.4, 0.5) is 0 Å². The van der Waals surface area contributed by atoms with E-state index in [1.165, 1.54) is 36.0 Å². The van der Waals surface area contributed by atoms with E-state index in [-0.39, 0.29) is 12.4 Å². The number of hydrogen-bond acceptors (Lipinski definition) is 6. The van der Waals surface area contributed by atoms with Gasteiger partial charge >= 0.3 is 5.97 Å². The van der Waals surface area contributed by atoms with Crippen molar-refractivity contribution in [2.24, 2.45) is 5.92 Å². The molecule has 0 bridgehead atoms. The number of ketones is 1. The quantitative estimate of drug-likeness (QED) is 0.566. The van der Waals surface area contributed by atoms with E-state index in [4.69, 9.17) is 14.2 Å². The zero-order valence-electron chi connectivity index (χ0n) is 15.2. The second-order valence-electron chi connectivity index (χ2n) is 6.47. The minimum Gasteiger partial charge on any atom is -0.497 e. The van der Waals surface area contributed by atoms with E-state index in [1.807, 2.05) is 6.07 Å². The van der Waals surface area contributed by atoms with Gasteiger partial charge in [-0.05, 0) is 55.0 Å². The molecular formula is C20H22O5S. The molecule has 3 rings (SSSR count). The van der Waals surface area contributed by atoms with Crippen molar-refractivity contribution in [1.82, 2.24) is 0 Å². The maximum absolute atomic E-state index is 12.5. The summed E-state index contributed by atoms with van der Waals surface area (Å²) in [4.78, 5) is 26.6. The lowest BCUT2D eigenvalue weighted by molar-refractivity contribution is 0.0478. The molecule has 0 unspecified atom stereocenters. The van der Waals surface area contributed by atoms with Gasteiger partial charge in [0.2, 0.25) is 5.78 Å². The smallest absolute Gasteiger partial charge is 0.348 e. The first-order chi connectivity index (χ1) is 12.5. The highest BCUT2D eigenvalue weighted by Crippen LogP contribution is 2.32. The molecule has 26 heavy (non-hydrogen) atoms. The monoisotopic (exact) mass is 374 g/mol. The van der Waals surface area contributed by atoms with Gasteiger partial charge in [0.1, 0.15) is 16.4 Å². The van der Waals surface area contributed by atoms with E-state index in [1.54, 1.807) is 18.2 Å². The molecule has 6 heteroatoms. The van der Waals surface area contributed by atoms with Crippen LogP contribution < -0.4 is 9.47 Å². The van der Waals surface area contributed by atoms with Gasteiger partial charge in [-0.3, -0.25) is 4.79 Å². The number of ether oxygens (including phenoxy) is 3. The number of thiophene rings is 1. The van der Waals surface area contributed by atoms with Crippen molar-refractivity contribution in [2.45, 2.75) is 26.2 Å². The van der Waals surface area contributed by atoms with Crippen molar-refractivity contribution >= 4 is 23.1 Å². The summed E-state index contributed by atoms with van der Waals surface area (Å²) in [6.45, 7) is 1.89. The van der Waals surface area contributed by atoms with Gasteiger partial charge in [-0.2, -0.15) is 0 Å². The van der Waals surface area contributed by atoms with E-state index in [9.17, 15) is 9.59 Å². The summed E-state index contributed by atoms with van der Waals surface area (Å²) in [7, 11) is 3.01. The predicted molar refractivity (Wildman–Crippen MR) is 99.7 cm³/mol. The Morgan fingerprint density at radius 2 is 2.00 bits per heavy atom. The van der Waals surface area contributed by atoms with Gasteiger partial charge in [-0.15, -0.1) is 11.3 Å². The highest BCUT2D eigenvalue weighted by Gasteiger charge is 2.22. The van der Waals surface area contributed by atoms with Crippen LogP contribution in [0.3, 0.4) is 0 Å². The number of carbonyl (C=O) groups excluding carboxylic acids is 2. The van der Waals surface area contributed by atoms with Gasteiger partial charge in [0.15, 0.2) is 6.61 Å². The van der Waals surface area contributed by atoms with E-state index in [0.717, 1.165) is 19.3 Å². The SMILES string of the molecule is COc1ccc(OC)c(C(=O)COC(=O)c2cc3c(s2)CC[C@@H](C)C3)c1. The van der Waals surface area contributed by atoms with Crippen molar-refractivity contribution in [1.29, 1.82) is 0 Å². The topological polar surface area (TPSA) is 61.8 Å². The molecule has 1 aromatic heterocycles. The first-order valence-electron chi connectivity index (χ1n) is 8.55. The first kappa shape index (κ1) is 18.5. The number of esters is 1. The van der Waals surface area contributed by atoms with Crippen molar-refractivity contribution in [3.8, 4) is 11.5 Å². The normalized spacial score (nSPS) is 15.9. The molecule has 0 radical (unpaired) electrons. The van der Waals surface area contributed by atoms with Gasteiger partial charge < -0.3 is 14.2 Å². The molecule has 5 nitrogen and oxygen atoms in total. The molecule has 1 aliphatic carbocycles. The van der Waals surface area contributed by atoms with Crippen molar-refractivity contribution in [2.75, 3.05) is 20.8 Å². The second kappa shape index (κ2) is 7.91. The minimum atomic E-state index is -0.452.